The molecule has 2 heterocycles. The maximum absolute atomic E-state index is 10.9. The summed E-state index contributed by atoms with van der Waals surface area (Å²) in [7, 11) is 0. The summed E-state index contributed by atoms with van der Waals surface area (Å²) in [6, 6.07) is 0. The Morgan fingerprint density at radius 3 is 3.33 bits per heavy atom. The number of nitrogens with zero attached hydrogens (tertiary/aromatic N) is 2. The second-order valence-corrected chi connectivity index (χ2v) is 3.65. The van der Waals surface area contributed by atoms with Crippen LogP contribution in [0, 0.1) is 12.3 Å². The summed E-state index contributed by atoms with van der Waals surface area (Å²) >= 11 is 1.45. The number of imidazole rings is 1. The maximum atomic E-state index is 10.9. The van der Waals surface area contributed by atoms with E-state index in [2.05, 4.69) is 10.9 Å². The summed E-state index contributed by atoms with van der Waals surface area (Å²) in [5, 5.41) is 1.86. The van der Waals surface area contributed by atoms with E-state index in [0.29, 0.717) is 24.6 Å². The number of ether oxygens (including phenoxy) is 1. The first-order chi connectivity index (χ1) is 7.36. The molecule has 0 amide bonds. The van der Waals surface area contributed by atoms with Crippen molar-refractivity contribution >= 4 is 22.6 Å². The van der Waals surface area contributed by atoms with Crippen LogP contribution in [0.4, 0.5) is 0 Å². The topological polar surface area (TPSA) is 43.6 Å². The van der Waals surface area contributed by atoms with E-state index in [-0.39, 0.29) is 0 Å². The Morgan fingerprint density at radius 2 is 2.60 bits per heavy atom. The van der Waals surface area contributed by atoms with Crippen LogP contribution in [0.2, 0.25) is 0 Å². The van der Waals surface area contributed by atoms with Crippen LogP contribution in [0.25, 0.3) is 4.96 Å². The third-order valence-electron chi connectivity index (χ3n) is 1.86. The summed E-state index contributed by atoms with van der Waals surface area (Å²) < 4.78 is 7.01. The van der Waals surface area contributed by atoms with Crippen LogP contribution in [0.15, 0.2) is 11.6 Å². The first kappa shape index (κ1) is 9.74. The second kappa shape index (κ2) is 4.15. The number of thiazole rings is 1. The van der Waals surface area contributed by atoms with E-state index in [9.17, 15) is 4.79 Å². The Hall–Kier alpha value is -1.80. The molecule has 15 heavy (non-hydrogen) atoms. The first-order valence-electron chi connectivity index (χ1n) is 4.34. The van der Waals surface area contributed by atoms with Gasteiger partial charge < -0.3 is 4.74 Å². The molecule has 0 aliphatic rings. The molecule has 0 fully saturated rings. The molecule has 0 saturated carbocycles. The van der Waals surface area contributed by atoms with Gasteiger partial charge in [-0.05, 0) is 0 Å². The van der Waals surface area contributed by atoms with Crippen molar-refractivity contribution in [3.05, 3.63) is 17.3 Å². The lowest BCUT2D eigenvalue weighted by atomic mass is 10.4. The fourth-order valence-corrected chi connectivity index (χ4v) is 1.92. The van der Waals surface area contributed by atoms with Gasteiger partial charge in [0.1, 0.15) is 6.61 Å². The second-order valence-electron chi connectivity index (χ2n) is 2.78. The van der Waals surface area contributed by atoms with Gasteiger partial charge in [0.25, 0.3) is 0 Å². The van der Waals surface area contributed by atoms with Gasteiger partial charge in [-0.2, -0.15) is 4.98 Å². The third kappa shape index (κ3) is 1.72. The van der Waals surface area contributed by atoms with Gasteiger partial charge in [0, 0.05) is 18.0 Å². The number of aromatic nitrogens is 2. The highest BCUT2D eigenvalue weighted by molar-refractivity contribution is 7.15. The lowest BCUT2D eigenvalue weighted by molar-refractivity contribution is 0.111. The molecular weight excluding hydrogens is 212 g/mol. The molecule has 0 aromatic carbocycles. The quantitative estimate of drug-likeness (QED) is 0.446. The largest absolute Gasteiger partial charge is 0.475 e. The van der Waals surface area contributed by atoms with Crippen molar-refractivity contribution in [2.24, 2.45) is 0 Å². The van der Waals surface area contributed by atoms with Crippen LogP contribution in [0.3, 0.4) is 0 Å². The fraction of sp³-hybridized carbons (Fsp3) is 0.200. The van der Waals surface area contributed by atoms with Gasteiger partial charge in [0.05, 0.1) is 0 Å². The molecule has 2 rings (SSSR count). The van der Waals surface area contributed by atoms with Crippen LogP contribution in [-0.4, -0.2) is 22.3 Å². The smallest absolute Gasteiger partial charge is 0.244 e. The van der Waals surface area contributed by atoms with Crippen LogP contribution in [0.1, 0.15) is 16.9 Å². The highest BCUT2D eigenvalue weighted by Crippen LogP contribution is 2.21. The maximum Gasteiger partial charge on any atom is 0.244 e. The summed E-state index contributed by atoms with van der Waals surface area (Å²) in [5.74, 6) is 2.81. The zero-order chi connectivity index (χ0) is 10.7. The molecule has 0 saturated heterocycles. The van der Waals surface area contributed by atoms with Crippen molar-refractivity contribution in [1.82, 2.24) is 9.38 Å². The molecule has 0 aliphatic carbocycles. The standard InChI is InChI=1S/C10H8N2O2S/c1-2-3-5-14-9-8(7-13)12-4-6-15-10(12)11-9/h1,4,6-7H,3,5H2. The summed E-state index contributed by atoms with van der Waals surface area (Å²) in [6.45, 7) is 0.377. The van der Waals surface area contributed by atoms with E-state index >= 15 is 0 Å². The van der Waals surface area contributed by atoms with E-state index in [1.54, 1.807) is 10.6 Å². The molecular formula is C10H8N2O2S. The lowest BCUT2D eigenvalue weighted by Crippen LogP contribution is -1.99. The molecule has 0 atom stereocenters. The number of fused-ring (bicyclic) bond motifs is 1. The third-order valence-corrected chi connectivity index (χ3v) is 2.62. The highest BCUT2D eigenvalue weighted by Gasteiger charge is 2.12. The molecule has 0 spiro atoms. The molecule has 2 aromatic heterocycles. The Bertz CT molecular complexity index is 521. The monoisotopic (exact) mass is 220 g/mol. The minimum absolute atomic E-state index is 0.354. The van der Waals surface area contributed by atoms with Gasteiger partial charge in [-0.3, -0.25) is 9.20 Å². The van der Waals surface area contributed by atoms with Gasteiger partial charge in [-0.1, -0.05) is 0 Å². The van der Waals surface area contributed by atoms with Crippen LogP contribution in [-0.2, 0) is 0 Å². The summed E-state index contributed by atoms with van der Waals surface area (Å²) in [5.41, 5.74) is 0.434. The van der Waals surface area contributed by atoms with Gasteiger partial charge in [0.15, 0.2) is 16.9 Å². The molecule has 0 radical (unpaired) electrons. The average molecular weight is 220 g/mol. The molecule has 0 aliphatic heterocycles. The van der Waals surface area contributed by atoms with E-state index in [0.717, 1.165) is 11.2 Å². The predicted octanol–water partition coefficient (Wildman–Crippen LogP) is 1.61. The van der Waals surface area contributed by atoms with Gasteiger partial charge in [0.2, 0.25) is 5.88 Å². The number of carbonyl (C=O) groups excluding carboxylic acids is 1. The number of aldehydes is 1. The van der Waals surface area contributed by atoms with E-state index in [4.69, 9.17) is 11.2 Å². The zero-order valence-corrected chi connectivity index (χ0v) is 8.66. The van der Waals surface area contributed by atoms with Crippen molar-refractivity contribution in [3.63, 3.8) is 0 Å². The Balaban J connectivity index is 2.30. The highest BCUT2D eigenvalue weighted by atomic mass is 32.1. The van der Waals surface area contributed by atoms with E-state index < -0.39 is 0 Å². The minimum atomic E-state index is 0.354. The SMILES string of the molecule is C#CCCOc1nc2sccn2c1C=O. The molecule has 2 aromatic rings. The Kier molecular flexibility index (Phi) is 2.70. The fourth-order valence-electron chi connectivity index (χ4n) is 1.20. The molecule has 0 N–H and O–H groups in total. The first-order valence-corrected chi connectivity index (χ1v) is 5.21. The number of hydrogen-bond donors (Lipinski definition) is 0. The van der Waals surface area contributed by atoms with Crippen LogP contribution < -0.4 is 4.74 Å². The average Bonchev–Trinajstić information content (AvgIpc) is 2.77. The van der Waals surface area contributed by atoms with Crippen molar-refractivity contribution < 1.29 is 9.53 Å². The Labute approximate surface area is 90.5 Å². The van der Waals surface area contributed by atoms with Gasteiger partial charge in [-0.15, -0.1) is 23.7 Å². The van der Waals surface area contributed by atoms with Crippen molar-refractivity contribution in [3.8, 4) is 18.2 Å². The minimum Gasteiger partial charge on any atom is -0.475 e. The van der Waals surface area contributed by atoms with Crippen molar-refractivity contribution in [2.75, 3.05) is 6.61 Å². The zero-order valence-electron chi connectivity index (χ0n) is 7.84. The summed E-state index contributed by atoms with van der Waals surface area (Å²) in [6.07, 6.45) is 8.12. The number of hydrogen-bond acceptors (Lipinski definition) is 4. The van der Waals surface area contributed by atoms with Gasteiger partial charge >= 0.3 is 0 Å². The summed E-state index contributed by atoms with van der Waals surface area (Å²) in [4.78, 5) is 15.8. The normalized spacial score (nSPS) is 10.1. The lowest BCUT2D eigenvalue weighted by Gasteiger charge is -1.99. The van der Waals surface area contributed by atoms with E-state index in [1.165, 1.54) is 11.3 Å². The van der Waals surface area contributed by atoms with Crippen molar-refractivity contribution in [2.45, 2.75) is 6.42 Å². The molecule has 0 unspecified atom stereocenters. The molecule has 5 heteroatoms. The molecule has 0 bridgehead atoms. The Morgan fingerprint density at radius 1 is 1.73 bits per heavy atom. The van der Waals surface area contributed by atoms with Crippen LogP contribution in [0.5, 0.6) is 5.88 Å². The van der Waals surface area contributed by atoms with E-state index in [1.807, 2.05) is 5.38 Å². The number of carbonyl (C=O) groups is 1. The molecule has 4 nitrogen and oxygen atoms in total. The predicted molar refractivity (Wildman–Crippen MR) is 57.4 cm³/mol. The molecule has 76 valence electrons. The van der Waals surface area contributed by atoms with Crippen LogP contribution >= 0.6 is 11.3 Å². The number of terminal acetylenes is 1. The number of rotatable bonds is 4. The van der Waals surface area contributed by atoms with Crippen molar-refractivity contribution in [1.29, 1.82) is 0 Å². The van der Waals surface area contributed by atoms with Gasteiger partial charge in [-0.25, -0.2) is 0 Å².